The lowest BCUT2D eigenvalue weighted by Gasteiger charge is -2.25. The van der Waals surface area contributed by atoms with Gasteiger partial charge in [0.2, 0.25) is 5.91 Å². The summed E-state index contributed by atoms with van der Waals surface area (Å²) in [4.78, 5) is 16.5. The smallest absolute Gasteiger partial charge is 0.226 e. The molecule has 116 valence electrons. The number of benzene rings is 1. The summed E-state index contributed by atoms with van der Waals surface area (Å²) >= 11 is 1.57. The molecule has 0 radical (unpaired) electrons. The van der Waals surface area contributed by atoms with Crippen molar-refractivity contribution in [3.8, 4) is 11.5 Å². The first-order chi connectivity index (χ1) is 10.8. The number of aromatic nitrogens is 1. The van der Waals surface area contributed by atoms with Crippen molar-refractivity contribution in [2.75, 3.05) is 20.3 Å². The number of thiazole rings is 1. The number of hydrogen-bond donors (Lipinski definition) is 1. The summed E-state index contributed by atoms with van der Waals surface area (Å²) in [6.45, 7) is 0.986. The largest absolute Gasteiger partial charge is 0.493 e. The molecule has 0 spiro atoms. The Balaban J connectivity index is 1.56. The van der Waals surface area contributed by atoms with E-state index < -0.39 is 0 Å². The second-order valence-electron chi connectivity index (χ2n) is 5.18. The molecule has 1 amide bonds. The van der Waals surface area contributed by atoms with E-state index in [1.807, 2.05) is 23.6 Å². The van der Waals surface area contributed by atoms with Gasteiger partial charge < -0.3 is 14.8 Å². The summed E-state index contributed by atoms with van der Waals surface area (Å²) in [5.41, 5.74) is 3.83. The molecule has 2 aromatic rings. The number of nitrogens with one attached hydrogen (secondary N) is 1. The van der Waals surface area contributed by atoms with Gasteiger partial charge in [-0.05, 0) is 18.1 Å². The monoisotopic (exact) mass is 318 g/mol. The van der Waals surface area contributed by atoms with E-state index in [2.05, 4.69) is 10.3 Å². The summed E-state index contributed by atoms with van der Waals surface area (Å²) < 4.78 is 11.0. The number of ether oxygens (including phenoxy) is 2. The van der Waals surface area contributed by atoms with E-state index in [4.69, 9.17) is 9.47 Å². The van der Waals surface area contributed by atoms with Crippen LogP contribution in [0.4, 0.5) is 0 Å². The Bertz CT molecular complexity index is 643. The maximum atomic E-state index is 12.3. The van der Waals surface area contributed by atoms with E-state index >= 15 is 0 Å². The minimum atomic E-state index is -0.157. The molecule has 0 saturated heterocycles. The third-order valence-electron chi connectivity index (χ3n) is 3.71. The summed E-state index contributed by atoms with van der Waals surface area (Å²) in [7, 11) is 1.62. The number of amides is 1. The molecule has 0 bridgehead atoms. The van der Waals surface area contributed by atoms with Crippen molar-refractivity contribution in [1.29, 1.82) is 0 Å². The molecule has 22 heavy (non-hydrogen) atoms. The van der Waals surface area contributed by atoms with Crippen LogP contribution < -0.4 is 14.8 Å². The van der Waals surface area contributed by atoms with Gasteiger partial charge in [0.05, 0.1) is 24.2 Å². The molecule has 1 N–H and O–H groups in total. The van der Waals surface area contributed by atoms with Gasteiger partial charge in [-0.3, -0.25) is 4.79 Å². The van der Waals surface area contributed by atoms with Crippen LogP contribution >= 0.6 is 11.3 Å². The second kappa shape index (κ2) is 6.79. The minimum absolute atomic E-state index is 0.0312. The molecule has 1 aliphatic heterocycles. The van der Waals surface area contributed by atoms with Crippen molar-refractivity contribution in [3.63, 3.8) is 0 Å². The Morgan fingerprint density at radius 2 is 2.45 bits per heavy atom. The molecule has 6 heteroatoms. The second-order valence-corrected chi connectivity index (χ2v) is 5.90. The molecule has 3 rings (SSSR count). The van der Waals surface area contributed by atoms with Crippen LogP contribution in [0.1, 0.15) is 11.3 Å². The van der Waals surface area contributed by atoms with E-state index in [0.717, 1.165) is 29.2 Å². The summed E-state index contributed by atoms with van der Waals surface area (Å²) in [5, 5.41) is 4.96. The molecular weight excluding hydrogens is 300 g/mol. The third kappa shape index (κ3) is 3.22. The van der Waals surface area contributed by atoms with Crippen molar-refractivity contribution < 1.29 is 14.3 Å². The third-order valence-corrected chi connectivity index (χ3v) is 4.35. The number of methoxy groups -OCH3 is 1. The molecule has 5 nitrogen and oxygen atoms in total. The quantitative estimate of drug-likeness (QED) is 0.917. The molecule has 1 aromatic heterocycles. The van der Waals surface area contributed by atoms with Crippen LogP contribution in [0.3, 0.4) is 0 Å². The van der Waals surface area contributed by atoms with Crippen molar-refractivity contribution in [1.82, 2.24) is 10.3 Å². The first-order valence-electron chi connectivity index (χ1n) is 7.21. The molecule has 1 atom stereocenters. The van der Waals surface area contributed by atoms with E-state index in [0.29, 0.717) is 19.6 Å². The topological polar surface area (TPSA) is 60.5 Å². The van der Waals surface area contributed by atoms with Crippen molar-refractivity contribution in [3.05, 3.63) is 40.3 Å². The van der Waals surface area contributed by atoms with Gasteiger partial charge >= 0.3 is 0 Å². The van der Waals surface area contributed by atoms with E-state index in [1.165, 1.54) is 0 Å². The van der Waals surface area contributed by atoms with Gasteiger partial charge in [0.25, 0.3) is 0 Å². The zero-order valence-corrected chi connectivity index (χ0v) is 13.2. The number of carbonyl (C=O) groups excluding carboxylic acids is 1. The average molecular weight is 318 g/mol. The number of para-hydroxylation sites is 1. The lowest BCUT2D eigenvalue weighted by atomic mass is 9.95. The van der Waals surface area contributed by atoms with E-state index in [9.17, 15) is 4.79 Å². The molecule has 1 aromatic carbocycles. The Hall–Kier alpha value is -2.08. The Morgan fingerprint density at radius 1 is 1.55 bits per heavy atom. The predicted molar refractivity (Wildman–Crippen MR) is 84.5 cm³/mol. The standard InChI is InChI=1S/C16H18N2O3S/c1-20-14-4-2-3-11-7-12(8-21-15(11)14)16(19)17-6-5-13-9-22-10-18-13/h2-4,9-10,12H,5-8H2,1H3,(H,17,19)/t12-/m1/s1. The van der Waals surface area contributed by atoms with Crippen LogP contribution in [0, 0.1) is 5.92 Å². The van der Waals surface area contributed by atoms with Crippen LogP contribution in [0.2, 0.25) is 0 Å². The summed E-state index contributed by atoms with van der Waals surface area (Å²) in [6, 6.07) is 5.77. The van der Waals surface area contributed by atoms with Crippen molar-refractivity contribution >= 4 is 17.2 Å². The Labute approximate surface area is 133 Å². The highest BCUT2D eigenvalue weighted by Gasteiger charge is 2.27. The number of rotatable bonds is 5. The van der Waals surface area contributed by atoms with Crippen LogP contribution in [0.25, 0.3) is 0 Å². The van der Waals surface area contributed by atoms with Gasteiger partial charge in [-0.25, -0.2) is 4.98 Å². The highest BCUT2D eigenvalue weighted by Crippen LogP contribution is 2.35. The summed E-state index contributed by atoms with van der Waals surface area (Å²) in [6.07, 6.45) is 1.43. The van der Waals surface area contributed by atoms with Crippen LogP contribution in [0.5, 0.6) is 11.5 Å². The fraction of sp³-hybridized carbons (Fsp3) is 0.375. The molecule has 0 fully saturated rings. The number of hydrogen-bond acceptors (Lipinski definition) is 5. The van der Waals surface area contributed by atoms with Crippen molar-refractivity contribution in [2.24, 2.45) is 5.92 Å². The van der Waals surface area contributed by atoms with Crippen LogP contribution in [0.15, 0.2) is 29.1 Å². The molecule has 0 unspecified atom stereocenters. The maximum absolute atomic E-state index is 12.3. The highest BCUT2D eigenvalue weighted by atomic mass is 32.1. The normalized spacial score (nSPS) is 16.5. The SMILES string of the molecule is COc1cccc2c1OC[C@H](C(=O)NCCc1cscn1)C2. The number of nitrogens with zero attached hydrogens (tertiary/aromatic N) is 1. The van der Waals surface area contributed by atoms with Crippen molar-refractivity contribution in [2.45, 2.75) is 12.8 Å². The number of carbonyl (C=O) groups is 1. The van der Waals surface area contributed by atoms with E-state index in [-0.39, 0.29) is 11.8 Å². The van der Waals surface area contributed by atoms with Gasteiger partial charge in [-0.15, -0.1) is 11.3 Å². The van der Waals surface area contributed by atoms with Gasteiger partial charge in [0, 0.05) is 18.3 Å². The summed E-state index contributed by atoms with van der Waals surface area (Å²) in [5.74, 6) is 1.36. The van der Waals surface area contributed by atoms with Gasteiger partial charge in [-0.2, -0.15) is 0 Å². The fourth-order valence-electron chi connectivity index (χ4n) is 2.54. The van der Waals surface area contributed by atoms with Gasteiger partial charge in [0.1, 0.15) is 6.61 Å². The number of fused-ring (bicyclic) bond motifs is 1. The fourth-order valence-corrected chi connectivity index (χ4v) is 3.14. The average Bonchev–Trinajstić information content (AvgIpc) is 3.07. The molecular formula is C16H18N2O3S. The molecule has 2 heterocycles. The minimum Gasteiger partial charge on any atom is -0.493 e. The first-order valence-corrected chi connectivity index (χ1v) is 8.15. The predicted octanol–water partition coefficient (Wildman–Crippen LogP) is 2.06. The maximum Gasteiger partial charge on any atom is 0.226 e. The molecule has 1 aliphatic rings. The van der Waals surface area contributed by atoms with Crippen LogP contribution in [-0.2, 0) is 17.6 Å². The van der Waals surface area contributed by atoms with Gasteiger partial charge in [-0.1, -0.05) is 12.1 Å². The Morgan fingerprint density at radius 3 is 3.23 bits per heavy atom. The van der Waals surface area contributed by atoms with E-state index in [1.54, 1.807) is 24.0 Å². The zero-order chi connectivity index (χ0) is 15.4. The first kappa shape index (κ1) is 14.8. The van der Waals surface area contributed by atoms with Gasteiger partial charge in [0.15, 0.2) is 11.5 Å². The van der Waals surface area contributed by atoms with Crippen LogP contribution in [-0.4, -0.2) is 31.2 Å². The highest BCUT2D eigenvalue weighted by molar-refractivity contribution is 7.07. The molecule has 0 saturated carbocycles. The zero-order valence-electron chi connectivity index (χ0n) is 12.4. The lowest BCUT2D eigenvalue weighted by Crippen LogP contribution is -2.38. The lowest BCUT2D eigenvalue weighted by molar-refractivity contribution is -0.126. The Kier molecular flexibility index (Phi) is 4.58. The molecule has 0 aliphatic carbocycles.